The Morgan fingerprint density at radius 3 is 1.70 bits per heavy atom. The molecule has 3 atom stereocenters. The summed E-state index contributed by atoms with van der Waals surface area (Å²) >= 11 is 0. The van der Waals surface area contributed by atoms with Crippen LogP contribution in [0.4, 0.5) is 4.39 Å². The van der Waals surface area contributed by atoms with Crippen molar-refractivity contribution in [1.29, 1.82) is 0 Å². The van der Waals surface area contributed by atoms with E-state index in [1.165, 1.54) is 12.1 Å². The third-order valence-corrected chi connectivity index (χ3v) is 6.80. The standard InChI is InChI=1S/C28H32FNO3/c29-24-16-14-23(15-17-24)28(33,30-18-8-3-9-19-30)20-25(26(31)21-10-4-1-5-11-21)27(32)22-12-6-2-7-13-22/h1-2,4-7,10-17,25-27,31-33H,3,8-9,18-20H2. The van der Waals surface area contributed by atoms with E-state index in [0.29, 0.717) is 29.8 Å². The highest BCUT2D eigenvalue weighted by atomic mass is 19.1. The summed E-state index contributed by atoms with van der Waals surface area (Å²) in [6.07, 6.45) is 1.09. The lowest BCUT2D eigenvalue weighted by Gasteiger charge is -2.45. The van der Waals surface area contributed by atoms with Crippen LogP contribution in [0.3, 0.4) is 0 Å². The Labute approximate surface area is 194 Å². The van der Waals surface area contributed by atoms with Crippen LogP contribution in [0.2, 0.25) is 0 Å². The summed E-state index contributed by atoms with van der Waals surface area (Å²) in [6.45, 7) is 1.40. The van der Waals surface area contributed by atoms with Crippen LogP contribution in [0.15, 0.2) is 84.9 Å². The van der Waals surface area contributed by atoms with Gasteiger partial charge < -0.3 is 15.3 Å². The van der Waals surface area contributed by atoms with Gasteiger partial charge in [-0.05, 0) is 41.7 Å². The van der Waals surface area contributed by atoms with Crippen molar-refractivity contribution in [3.05, 3.63) is 107 Å². The molecular weight excluding hydrogens is 417 g/mol. The van der Waals surface area contributed by atoms with Gasteiger partial charge in [0.05, 0.1) is 12.2 Å². The number of halogens is 1. The zero-order chi connectivity index (χ0) is 23.3. The van der Waals surface area contributed by atoms with E-state index in [-0.39, 0.29) is 12.2 Å². The normalized spacial score (nSPS) is 19.4. The van der Waals surface area contributed by atoms with Gasteiger partial charge in [0.1, 0.15) is 11.5 Å². The minimum atomic E-state index is -1.45. The summed E-state index contributed by atoms with van der Waals surface area (Å²) < 4.78 is 13.7. The van der Waals surface area contributed by atoms with Gasteiger partial charge in [-0.25, -0.2) is 4.39 Å². The van der Waals surface area contributed by atoms with Crippen LogP contribution in [-0.2, 0) is 5.72 Å². The second-order valence-corrected chi connectivity index (χ2v) is 8.95. The molecule has 3 aromatic rings. The van der Waals surface area contributed by atoms with Gasteiger partial charge in [-0.3, -0.25) is 4.90 Å². The Balaban J connectivity index is 1.75. The molecule has 1 aliphatic rings. The van der Waals surface area contributed by atoms with E-state index in [1.54, 1.807) is 12.1 Å². The highest BCUT2D eigenvalue weighted by Gasteiger charge is 2.43. The summed E-state index contributed by atoms with van der Waals surface area (Å²) in [5.41, 5.74) is 0.469. The number of rotatable bonds is 8. The predicted molar refractivity (Wildman–Crippen MR) is 127 cm³/mol. The van der Waals surface area contributed by atoms with Gasteiger partial charge >= 0.3 is 0 Å². The maximum absolute atomic E-state index is 13.7. The Bertz CT molecular complexity index is 947. The molecule has 0 saturated carbocycles. The first-order valence-corrected chi connectivity index (χ1v) is 11.7. The average Bonchev–Trinajstić information content (AvgIpc) is 2.88. The van der Waals surface area contributed by atoms with Crippen molar-refractivity contribution >= 4 is 0 Å². The number of aliphatic hydroxyl groups is 3. The Kier molecular flexibility index (Phi) is 7.56. The van der Waals surface area contributed by atoms with E-state index in [4.69, 9.17) is 0 Å². The summed E-state index contributed by atoms with van der Waals surface area (Å²) in [5.74, 6) is -1.07. The van der Waals surface area contributed by atoms with Crippen LogP contribution in [0.1, 0.15) is 54.6 Å². The molecule has 0 spiro atoms. The average molecular weight is 450 g/mol. The van der Waals surface area contributed by atoms with Crippen LogP contribution in [0.25, 0.3) is 0 Å². The maximum atomic E-state index is 13.7. The second kappa shape index (κ2) is 10.6. The zero-order valence-electron chi connectivity index (χ0n) is 18.7. The van der Waals surface area contributed by atoms with Crippen LogP contribution in [0.5, 0.6) is 0 Å². The number of benzene rings is 3. The molecule has 0 bridgehead atoms. The van der Waals surface area contributed by atoms with E-state index in [9.17, 15) is 19.7 Å². The van der Waals surface area contributed by atoms with Crippen LogP contribution in [0, 0.1) is 11.7 Å². The predicted octanol–water partition coefficient (Wildman–Crippen LogP) is 4.93. The van der Waals surface area contributed by atoms with Gasteiger partial charge in [-0.2, -0.15) is 0 Å². The molecule has 0 radical (unpaired) electrons. The Hall–Kier alpha value is -2.57. The SMILES string of the molecule is OC(c1ccccc1)C(CC(O)(c1ccc(F)cc1)N1CCCCC1)C(O)c1ccccc1. The molecule has 1 aliphatic heterocycles. The zero-order valence-corrected chi connectivity index (χ0v) is 18.7. The van der Waals surface area contributed by atoms with Crippen molar-refractivity contribution in [2.45, 2.75) is 43.6 Å². The van der Waals surface area contributed by atoms with Crippen molar-refractivity contribution in [3.63, 3.8) is 0 Å². The molecule has 3 N–H and O–H groups in total. The van der Waals surface area contributed by atoms with Gasteiger partial charge in [0.2, 0.25) is 0 Å². The molecule has 4 rings (SSSR count). The summed E-state index contributed by atoms with van der Waals surface area (Å²) in [4.78, 5) is 2.01. The molecule has 0 amide bonds. The molecule has 1 fully saturated rings. The number of hydrogen-bond donors (Lipinski definition) is 3. The number of likely N-dealkylation sites (tertiary alicyclic amines) is 1. The first-order valence-electron chi connectivity index (χ1n) is 11.7. The lowest BCUT2D eigenvalue weighted by molar-refractivity contribution is -0.158. The second-order valence-electron chi connectivity index (χ2n) is 8.95. The van der Waals surface area contributed by atoms with Crippen LogP contribution < -0.4 is 0 Å². The molecule has 174 valence electrons. The molecular formula is C28H32FNO3. The van der Waals surface area contributed by atoms with Crippen LogP contribution in [-0.4, -0.2) is 33.3 Å². The maximum Gasteiger partial charge on any atom is 0.145 e. The molecule has 1 saturated heterocycles. The fourth-order valence-electron chi connectivity index (χ4n) is 4.93. The molecule has 0 aliphatic carbocycles. The summed E-state index contributed by atoms with van der Waals surface area (Å²) in [6, 6.07) is 24.4. The van der Waals surface area contributed by atoms with E-state index in [0.717, 1.165) is 19.3 Å². The molecule has 3 unspecified atom stereocenters. The first-order chi connectivity index (χ1) is 16.0. The van der Waals surface area contributed by atoms with Gasteiger partial charge in [0.25, 0.3) is 0 Å². The largest absolute Gasteiger partial charge is 0.388 e. The minimum Gasteiger partial charge on any atom is -0.388 e. The van der Waals surface area contributed by atoms with Crippen molar-refractivity contribution in [2.75, 3.05) is 13.1 Å². The van der Waals surface area contributed by atoms with Crippen LogP contribution >= 0.6 is 0 Å². The van der Waals surface area contributed by atoms with E-state index in [1.807, 2.05) is 65.6 Å². The Morgan fingerprint density at radius 1 is 0.727 bits per heavy atom. The molecule has 5 heteroatoms. The molecule has 0 aromatic heterocycles. The lowest BCUT2D eigenvalue weighted by atomic mass is 9.79. The van der Waals surface area contributed by atoms with E-state index in [2.05, 4.69) is 0 Å². The quantitative estimate of drug-likeness (QED) is 0.456. The van der Waals surface area contributed by atoms with E-state index >= 15 is 0 Å². The highest BCUT2D eigenvalue weighted by Crippen LogP contribution is 2.43. The lowest BCUT2D eigenvalue weighted by Crippen LogP contribution is -2.50. The molecule has 3 aromatic carbocycles. The summed E-state index contributed by atoms with van der Waals surface area (Å²) in [7, 11) is 0. The third-order valence-electron chi connectivity index (χ3n) is 6.80. The van der Waals surface area contributed by atoms with E-state index < -0.39 is 23.9 Å². The van der Waals surface area contributed by atoms with Gasteiger partial charge in [0.15, 0.2) is 0 Å². The number of hydrogen-bond acceptors (Lipinski definition) is 4. The topological polar surface area (TPSA) is 63.9 Å². The van der Waals surface area contributed by atoms with Crippen molar-refractivity contribution < 1.29 is 19.7 Å². The molecule has 4 nitrogen and oxygen atoms in total. The van der Waals surface area contributed by atoms with Gasteiger partial charge in [-0.1, -0.05) is 79.2 Å². The Morgan fingerprint density at radius 2 is 1.21 bits per heavy atom. The number of piperidine rings is 1. The minimum absolute atomic E-state index is 0.0880. The first kappa shape index (κ1) is 23.6. The van der Waals surface area contributed by atoms with Crippen molar-refractivity contribution in [2.24, 2.45) is 5.92 Å². The highest BCUT2D eigenvalue weighted by molar-refractivity contribution is 5.26. The fraction of sp³-hybridized carbons (Fsp3) is 0.357. The fourth-order valence-corrected chi connectivity index (χ4v) is 4.93. The molecule has 1 heterocycles. The number of nitrogens with zero attached hydrogens (tertiary/aromatic N) is 1. The monoisotopic (exact) mass is 449 g/mol. The third kappa shape index (κ3) is 5.33. The van der Waals surface area contributed by atoms with Gasteiger partial charge in [-0.15, -0.1) is 0 Å². The molecule has 33 heavy (non-hydrogen) atoms. The van der Waals surface area contributed by atoms with Crippen molar-refractivity contribution in [3.8, 4) is 0 Å². The number of aliphatic hydroxyl groups excluding tert-OH is 2. The van der Waals surface area contributed by atoms with Gasteiger partial charge in [0, 0.05) is 25.4 Å². The summed E-state index contributed by atoms with van der Waals surface area (Å²) in [5, 5.41) is 35.0. The smallest absolute Gasteiger partial charge is 0.145 e. The van der Waals surface area contributed by atoms with Crippen molar-refractivity contribution in [1.82, 2.24) is 4.90 Å².